The van der Waals surface area contributed by atoms with Crippen molar-refractivity contribution in [1.29, 1.82) is 0 Å². The van der Waals surface area contributed by atoms with Gasteiger partial charge in [0.2, 0.25) is 5.91 Å². The van der Waals surface area contributed by atoms with E-state index >= 15 is 0 Å². The molecular formula is C75H132N2O6P+. The van der Waals surface area contributed by atoms with Gasteiger partial charge in [-0.3, -0.25) is 13.8 Å². The molecule has 3 atom stereocenters. The van der Waals surface area contributed by atoms with Gasteiger partial charge in [-0.1, -0.05) is 314 Å². The highest BCUT2D eigenvalue weighted by Crippen LogP contribution is 2.43. The molecule has 0 heterocycles. The minimum atomic E-state index is -4.35. The van der Waals surface area contributed by atoms with Crippen molar-refractivity contribution in [3.63, 3.8) is 0 Å². The molecule has 0 fully saturated rings. The van der Waals surface area contributed by atoms with Gasteiger partial charge in [0, 0.05) is 6.42 Å². The number of unbranched alkanes of at least 4 members (excludes halogenated alkanes) is 27. The smallest absolute Gasteiger partial charge is 0.391 e. The Morgan fingerprint density at radius 3 is 1.04 bits per heavy atom. The van der Waals surface area contributed by atoms with E-state index in [0.29, 0.717) is 23.9 Å². The molecule has 0 aliphatic carbocycles. The molecule has 482 valence electrons. The van der Waals surface area contributed by atoms with Crippen molar-refractivity contribution in [2.24, 2.45) is 0 Å². The Morgan fingerprint density at radius 2 is 0.714 bits per heavy atom. The number of carbonyl (C=O) groups is 1. The van der Waals surface area contributed by atoms with Crippen LogP contribution in [0.1, 0.15) is 284 Å². The molecular weight excluding hydrogens is 1060 g/mol. The van der Waals surface area contributed by atoms with E-state index in [1.165, 1.54) is 141 Å². The number of phosphoric acid groups is 1. The highest BCUT2D eigenvalue weighted by Gasteiger charge is 2.28. The standard InChI is InChI=1S/C75H131N2O6P/c1-6-8-10-12-14-16-18-20-22-24-26-28-30-32-33-34-35-36-37-38-39-40-41-42-43-45-47-49-51-53-55-57-59-61-63-65-67-69-75(79)76-73(72-83-84(80,81)82-71-70-77(3,4)5)74(78)68-66-64-62-60-58-56-54-52-50-48-46-44-31-29-27-25-23-21-19-17-15-13-11-9-7-2/h8,10,14,16,20,22,26,28,32-33,35-36,38-39,41-42,45,47,51,53,57,59,73-74,78H,6-7,9,11-13,15,17-19,21,23-25,27,29-31,34,37,40,43-44,46,48-50,52,54-56,58,60-72H2,1-5H3,(H-,76,79,80,81)/p+1/b10-8-,16-14-,22-20-,28-26-,33-32-,36-35-,39-38-,42-41-,47-45-,53-51-,59-57-. The number of phosphoric ester groups is 1. The fourth-order valence-electron chi connectivity index (χ4n) is 9.58. The van der Waals surface area contributed by atoms with Gasteiger partial charge in [0.05, 0.1) is 39.9 Å². The highest BCUT2D eigenvalue weighted by atomic mass is 31.2. The van der Waals surface area contributed by atoms with Gasteiger partial charge in [-0.15, -0.1) is 0 Å². The van der Waals surface area contributed by atoms with Crippen LogP contribution in [0.4, 0.5) is 0 Å². The van der Waals surface area contributed by atoms with E-state index < -0.39 is 20.0 Å². The number of carbonyl (C=O) groups excluding carboxylic acids is 1. The largest absolute Gasteiger partial charge is 0.472 e. The molecule has 0 aromatic carbocycles. The maximum atomic E-state index is 13.1. The lowest BCUT2D eigenvalue weighted by Gasteiger charge is -2.26. The summed E-state index contributed by atoms with van der Waals surface area (Å²) in [6, 6.07) is -0.790. The van der Waals surface area contributed by atoms with E-state index in [0.717, 1.165) is 116 Å². The number of likely N-dealkylation sites (N-methyl/N-ethyl adjacent to an activating group) is 1. The number of hydrogen-bond acceptors (Lipinski definition) is 5. The van der Waals surface area contributed by atoms with Crippen molar-refractivity contribution in [2.45, 2.75) is 296 Å². The van der Waals surface area contributed by atoms with E-state index in [2.05, 4.69) is 153 Å². The second-order valence-corrected chi connectivity index (χ2v) is 25.6. The van der Waals surface area contributed by atoms with Gasteiger partial charge in [-0.25, -0.2) is 4.57 Å². The topological polar surface area (TPSA) is 105 Å². The maximum Gasteiger partial charge on any atom is 0.472 e. The van der Waals surface area contributed by atoms with Crippen LogP contribution in [0.2, 0.25) is 0 Å². The monoisotopic (exact) mass is 1190 g/mol. The average Bonchev–Trinajstić information content (AvgIpc) is 3.56. The molecule has 0 aliphatic heterocycles. The Balaban J connectivity index is 4.20. The van der Waals surface area contributed by atoms with E-state index in [1.54, 1.807) is 0 Å². The van der Waals surface area contributed by atoms with E-state index in [4.69, 9.17) is 9.05 Å². The molecule has 1 amide bonds. The molecule has 8 nitrogen and oxygen atoms in total. The van der Waals surface area contributed by atoms with Crippen molar-refractivity contribution >= 4 is 13.7 Å². The zero-order valence-electron chi connectivity index (χ0n) is 55.1. The van der Waals surface area contributed by atoms with E-state index in [1.807, 2.05) is 21.1 Å². The summed E-state index contributed by atoms with van der Waals surface area (Å²) in [5.41, 5.74) is 0. The number of quaternary nitrogens is 1. The fourth-order valence-corrected chi connectivity index (χ4v) is 10.3. The van der Waals surface area contributed by atoms with Crippen LogP contribution in [-0.2, 0) is 18.4 Å². The summed E-state index contributed by atoms with van der Waals surface area (Å²) in [6.07, 6.45) is 96.9. The van der Waals surface area contributed by atoms with Crippen molar-refractivity contribution in [3.05, 3.63) is 134 Å². The van der Waals surface area contributed by atoms with Crippen molar-refractivity contribution in [1.82, 2.24) is 5.32 Å². The van der Waals surface area contributed by atoms with Gasteiger partial charge < -0.3 is 19.8 Å². The molecule has 0 aromatic heterocycles. The van der Waals surface area contributed by atoms with Gasteiger partial charge in [-0.05, 0) is 96.3 Å². The quantitative estimate of drug-likeness (QED) is 0.0243. The lowest BCUT2D eigenvalue weighted by Crippen LogP contribution is -2.46. The van der Waals surface area contributed by atoms with Crippen LogP contribution in [0.3, 0.4) is 0 Å². The molecule has 0 saturated carbocycles. The summed E-state index contributed by atoms with van der Waals surface area (Å²) in [5.74, 6) is -0.178. The molecule has 0 aromatic rings. The first-order chi connectivity index (χ1) is 41.0. The number of aliphatic hydroxyl groups is 1. The number of allylic oxidation sites excluding steroid dienone is 22. The summed E-state index contributed by atoms with van der Waals surface area (Å²) in [4.78, 5) is 23.4. The Kier molecular flexibility index (Phi) is 61.6. The van der Waals surface area contributed by atoms with Crippen molar-refractivity contribution in [2.75, 3.05) is 40.9 Å². The molecule has 3 N–H and O–H groups in total. The summed E-state index contributed by atoms with van der Waals surface area (Å²) in [5, 5.41) is 14.1. The van der Waals surface area contributed by atoms with Crippen molar-refractivity contribution < 1.29 is 32.9 Å². The van der Waals surface area contributed by atoms with Crippen LogP contribution in [-0.4, -0.2) is 73.4 Å². The lowest BCUT2D eigenvalue weighted by molar-refractivity contribution is -0.870. The second kappa shape index (κ2) is 64.1. The van der Waals surface area contributed by atoms with Crippen LogP contribution < -0.4 is 5.32 Å². The summed E-state index contributed by atoms with van der Waals surface area (Å²) < 4.78 is 23.9. The predicted molar refractivity (Wildman–Crippen MR) is 368 cm³/mol. The number of nitrogens with zero attached hydrogens (tertiary/aromatic N) is 1. The highest BCUT2D eigenvalue weighted by molar-refractivity contribution is 7.47. The Bertz CT molecular complexity index is 1830. The maximum absolute atomic E-state index is 13.1. The molecule has 0 radical (unpaired) electrons. The molecule has 0 bridgehead atoms. The minimum absolute atomic E-state index is 0.0612. The normalized spacial score (nSPS) is 14.5. The molecule has 9 heteroatoms. The van der Waals surface area contributed by atoms with Crippen LogP contribution in [0.25, 0.3) is 0 Å². The summed E-state index contributed by atoms with van der Waals surface area (Å²) in [7, 11) is 1.58. The Labute approximate surface area is 519 Å². The SMILES string of the molecule is CC/C=C\C/C=C\C/C=C\C/C=C\C/C=C\C/C=C\C/C=C\C/C=C\C/C=C\C/C=C\C/C=C\CCCCCC(=O)NC(COP(=O)(O)OCC[N+](C)(C)C)C(O)CCCCCCCCCCCCCCCCCCCCCCCCCCC. The molecule has 0 aliphatic rings. The third-order valence-corrected chi connectivity index (χ3v) is 15.9. The molecule has 84 heavy (non-hydrogen) atoms. The van der Waals surface area contributed by atoms with Gasteiger partial charge in [0.1, 0.15) is 13.2 Å². The number of amides is 1. The van der Waals surface area contributed by atoms with Gasteiger partial charge in [-0.2, -0.15) is 0 Å². The fraction of sp³-hybridized carbons (Fsp3) is 0.693. The third-order valence-electron chi connectivity index (χ3n) is 14.9. The Hall–Kier alpha value is -3.36. The number of hydrogen-bond donors (Lipinski definition) is 3. The van der Waals surface area contributed by atoms with Crippen LogP contribution in [0, 0.1) is 0 Å². The first-order valence-corrected chi connectivity index (χ1v) is 36.0. The number of nitrogens with one attached hydrogen (secondary N) is 1. The van der Waals surface area contributed by atoms with Crippen LogP contribution >= 0.6 is 7.82 Å². The Morgan fingerprint density at radius 1 is 0.417 bits per heavy atom. The average molecular weight is 1190 g/mol. The summed E-state index contributed by atoms with van der Waals surface area (Å²) >= 11 is 0. The molecule has 3 unspecified atom stereocenters. The predicted octanol–water partition coefficient (Wildman–Crippen LogP) is 22.2. The first-order valence-electron chi connectivity index (χ1n) is 34.5. The molecule has 0 rings (SSSR count). The van der Waals surface area contributed by atoms with Gasteiger partial charge in [0.25, 0.3) is 0 Å². The van der Waals surface area contributed by atoms with E-state index in [9.17, 15) is 19.4 Å². The minimum Gasteiger partial charge on any atom is -0.391 e. The zero-order valence-corrected chi connectivity index (χ0v) is 56.0. The molecule has 0 spiro atoms. The first kappa shape index (κ1) is 80.6. The number of aliphatic hydroxyl groups excluding tert-OH is 1. The number of rotatable bonds is 62. The lowest BCUT2D eigenvalue weighted by atomic mass is 10.0. The van der Waals surface area contributed by atoms with Crippen LogP contribution in [0.15, 0.2) is 134 Å². The van der Waals surface area contributed by atoms with Gasteiger partial charge in [0.15, 0.2) is 0 Å². The van der Waals surface area contributed by atoms with Gasteiger partial charge >= 0.3 is 7.82 Å². The third kappa shape index (κ3) is 66.2. The summed E-state index contributed by atoms with van der Waals surface area (Å²) in [6.45, 7) is 4.76. The van der Waals surface area contributed by atoms with E-state index in [-0.39, 0.29) is 19.1 Å². The zero-order chi connectivity index (χ0) is 61.2. The van der Waals surface area contributed by atoms with Crippen LogP contribution in [0.5, 0.6) is 0 Å². The second-order valence-electron chi connectivity index (χ2n) is 24.2. The van der Waals surface area contributed by atoms with Crippen molar-refractivity contribution in [3.8, 4) is 0 Å². The molecule has 0 saturated heterocycles.